The summed E-state index contributed by atoms with van der Waals surface area (Å²) >= 11 is 0. The van der Waals surface area contributed by atoms with Crippen molar-refractivity contribution in [3.63, 3.8) is 0 Å². The number of hydrogen-bond donors (Lipinski definition) is 3. The lowest BCUT2D eigenvalue weighted by Gasteiger charge is -2.35. The van der Waals surface area contributed by atoms with Gasteiger partial charge in [0, 0.05) is 53.7 Å². The van der Waals surface area contributed by atoms with Crippen LogP contribution in [0.2, 0.25) is 0 Å². The normalized spacial score (nSPS) is 20.3. The Kier molecular flexibility index (Phi) is 6.02. The maximum atomic E-state index is 14.1. The van der Waals surface area contributed by atoms with Crippen LogP contribution in [0.5, 0.6) is 23.0 Å². The highest BCUT2D eigenvalue weighted by atomic mass is 16.7. The van der Waals surface area contributed by atoms with E-state index in [0.717, 1.165) is 5.69 Å². The van der Waals surface area contributed by atoms with Gasteiger partial charge in [0.05, 0.1) is 24.2 Å². The number of fused-ring (bicyclic) bond motifs is 6. The predicted molar refractivity (Wildman–Crippen MR) is 152 cm³/mol. The van der Waals surface area contributed by atoms with Gasteiger partial charge < -0.3 is 43.3 Å². The molecule has 0 spiro atoms. The first kappa shape index (κ1) is 27.3. The first-order valence-corrected chi connectivity index (χ1v) is 14.0. The number of aromatic hydroxyl groups is 2. The van der Waals surface area contributed by atoms with Gasteiger partial charge in [-0.25, -0.2) is 0 Å². The number of ether oxygens (including phenoxy) is 4. The van der Waals surface area contributed by atoms with Gasteiger partial charge in [0.15, 0.2) is 18.1 Å². The summed E-state index contributed by atoms with van der Waals surface area (Å²) in [6, 6.07) is 1.80. The number of carbonyl (C=O) groups excluding carboxylic acids is 1. The summed E-state index contributed by atoms with van der Waals surface area (Å²) in [6.07, 6.45) is -1.73. The molecule has 43 heavy (non-hydrogen) atoms. The molecule has 1 aliphatic heterocycles. The molecule has 12 heteroatoms. The van der Waals surface area contributed by atoms with Gasteiger partial charge in [-0.05, 0) is 25.3 Å². The lowest BCUT2D eigenvalue weighted by molar-refractivity contribution is -0.148. The van der Waals surface area contributed by atoms with Gasteiger partial charge in [0.1, 0.15) is 40.6 Å². The van der Waals surface area contributed by atoms with E-state index in [2.05, 4.69) is 0 Å². The molecule has 3 heterocycles. The van der Waals surface area contributed by atoms with Crippen molar-refractivity contribution in [3.8, 4) is 34.1 Å². The maximum absolute atomic E-state index is 14.1. The number of aromatic nitrogens is 1. The maximum Gasteiger partial charge on any atom is 0.303 e. The van der Waals surface area contributed by atoms with Crippen LogP contribution in [0.25, 0.3) is 32.9 Å². The zero-order chi connectivity index (χ0) is 30.5. The Hall–Kier alpha value is -4.55. The van der Waals surface area contributed by atoms with Gasteiger partial charge in [-0.1, -0.05) is 6.92 Å². The lowest BCUT2D eigenvalue weighted by atomic mass is 9.78. The summed E-state index contributed by atoms with van der Waals surface area (Å²) in [5, 5.41) is 34.6. The summed E-state index contributed by atoms with van der Waals surface area (Å²) in [7, 11) is 2.99. The van der Waals surface area contributed by atoms with Crippen molar-refractivity contribution in [1.29, 1.82) is 0 Å². The standard InChI is InChI=1S/C31H29NO11/c1-5-12-8-13-19(31(38)32(12)3)25(36)22-18-14(9-17-20(22)27(13)41-10-40-17)28(39-4)30-23(24(18)35)26(37)21-16(42-11(2)33)7-6-15(34)29(21)43-30/h8,15-17,34-36H,5-7,9-10H2,1-4H3. The minimum atomic E-state index is -1.15. The fourth-order valence-corrected chi connectivity index (χ4v) is 6.92. The number of carbonyl (C=O) groups is 1. The SMILES string of the molecule is CCc1cc2c3c4c(c(O)c2c(=O)n1C)-c1c(c(OC)c2oc5c(c(=O)c2c1O)C(OC(C)=O)CCC5O)CC4OCO3. The summed E-state index contributed by atoms with van der Waals surface area (Å²) in [6.45, 7) is 3.01. The first-order chi connectivity index (χ1) is 20.6. The number of pyridine rings is 1. The Labute approximate surface area is 243 Å². The molecular weight excluding hydrogens is 562 g/mol. The number of rotatable bonds is 3. The van der Waals surface area contributed by atoms with E-state index < -0.39 is 46.8 Å². The minimum absolute atomic E-state index is 0.00377. The van der Waals surface area contributed by atoms with Gasteiger partial charge in [0.2, 0.25) is 5.43 Å². The van der Waals surface area contributed by atoms with Crippen LogP contribution in [0.15, 0.2) is 20.1 Å². The van der Waals surface area contributed by atoms with Crippen LogP contribution in [0.4, 0.5) is 0 Å². The number of hydrogen-bond acceptors (Lipinski definition) is 11. The molecule has 12 nitrogen and oxygen atoms in total. The number of nitrogens with zero attached hydrogens (tertiary/aromatic N) is 1. The summed E-state index contributed by atoms with van der Waals surface area (Å²) in [5.74, 6) is -1.16. The third-order valence-electron chi connectivity index (χ3n) is 8.83. The molecule has 3 unspecified atom stereocenters. The van der Waals surface area contributed by atoms with E-state index in [4.69, 9.17) is 23.4 Å². The molecule has 4 aromatic rings. The van der Waals surface area contributed by atoms with Crippen LogP contribution < -0.4 is 20.5 Å². The van der Waals surface area contributed by atoms with E-state index in [0.29, 0.717) is 28.7 Å². The van der Waals surface area contributed by atoms with Crippen LogP contribution in [0.3, 0.4) is 0 Å². The number of aryl methyl sites for hydroxylation is 1. The molecule has 7 rings (SSSR count). The average molecular weight is 592 g/mol. The Morgan fingerprint density at radius 2 is 1.86 bits per heavy atom. The van der Waals surface area contributed by atoms with Gasteiger partial charge >= 0.3 is 5.97 Å². The number of methoxy groups -OCH3 is 1. The smallest absolute Gasteiger partial charge is 0.303 e. The van der Waals surface area contributed by atoms with Crippen LogP contribution in [0.1, 0.15) is 73.1 Å². The Morgan fingerprint density at radius 1 is 1.12 bits per heavy atom. The van der Waals surface area contributed by atoms with Crippen molar-refractivity contribution >= 4 is 27.7 Å². The lowest BCUT2D eigenvalue weighted by Crippen LogP contribution is -2.27. The third-order valence-corrected chi connectivity index (χ3v) is 8.83. The Morgan fingerprint density at radius 3 is 2.56 bits per heavy atom. The molecule has 224 valence electrons. The third kappa shape index (κ3) is 3.59. The molecule has 3 aliphatic rings. The zero-order valence-corrected chi connectivity index (χ0v) is 23.9. The van der Waals surface area contributed by atoms with Crippen LogP contribution in [0, 0.1) is 0 Å². The van der Waals surface area contributed by atoms with E-state index in [1.54, 1.807) is 13.1 Å². The van der Waals surface area contributed by atoms with Crippen molar-refractivity contribution in [2.75, 3.05) is 13.9 Å². The van der Waals surface area contributed by atoms with E-state index in [9.17, 15) is 29.7 Å². The first-order valence-electron chi connectivity index (χ1n) is 14.0. The van der Waals surface area contributed by atoms with Gasteiger partial charge in [-0.15, -0.1) is 0 Å². The van der Waals surface area contributed by atoms with E-state index in [1.165, 1.54) is 18.6 Å². The van der Waals surface area contributed by atoms with Gasteiger partial charge in [0.25, 0.3) is 5.56 Å². The Bertz CT molecular complexity index is 2020. The Balaban J connectivity index is 1.64. The monoisotopic (exact) mass is 591 g/mol. The molecule has 0 bridgehead atoms. The van der Waals surface area contributed by atoms with Crippen LogP contribution >= 0.6 is 0 Å². The quantitative estimate of drug-likeness (QED) is 0.297. The summed E-state index contributed by atoms with van der Waals surface area (Å²) in [4.78, 5) is 39.5. The number of benzene rings is 2. The van der Waals surface area contributed by atoms with Gasteiger partial charge in [-0.2, -0.15) is 0 Å². The number of aliphatic hydroxyl groups excluding tert-OH is 1. The fourth-order valence-electron chi connectivity index (χ4n) is 6.92. The molecule has 0 saturated carbocycles. The fraction of sp³-hybridized carbons (Fsp3) is 0.387. The molecule has 2 aliphatic carbocycles. The van der Waals surface area contributed by atoms with Crippen molar-refractivity contribution in [3.05, 3.63) is 54.8 Å². The molecule has 2 aromatic heterocycles. The minimum Gasteiger partial charge on any atom is -0.506 e. The molecule has 3 atom stereocenters. The van der Waals surface area contributed by atoms with Crippen LogP contribution in [-0.4, -0.2) is 39.8 Å². The summed E-state index contributed by atoms with van der Waals surface area (Å²) < 4.78 is 30.6. The molecule has 0 amide bonds. The number of aliphatic hydroxyl groups is 1. The second kappa shape index (κ2) is 9.48. The highest BCUT2D eigenvalue weighted by molar-refractivity contribution is 6.07. The number of phenolic OH excluding ortho intramolecular Hbond substituents is 2. The summed E-state index contributed by atoms with van der Waals surface area (Å²) in [5.41, 5.74) is 0.343. The van der Waals surface area contributed by atoms with Crippen molar-refractivity contribution in [2.24, 2.45) is 7.05 Å². The average Bonchev–Trinajstić information content (AvgIpc) is 2.97. The highest BCUT2D eigenvalue weighted by Gasteiger charge is 2.42. The second-order valence-corrected chi connectivity index (χ2v) is 11.1. The van der Waals surface area contributed by atoms with Crippen molar-refractivity contribution in [1.82, 2.24) is 4.57 Å². The molecule has 0 fully saturated rings. The highest BCUT2D eigenvalue weighted by Crippen LogP contribution is 2.59. The zero-order valence-electron chi connectivity index (χ0n) is 23.9. The molecule has 0 radical (unpaired) electrons. The molecule has 2 aromatic carbocycles. The number of esters is 1. The molecular formula is C31H29NO11. The van der Waals surface area contributed by atoms with E-state index in [-0.39, 0.29) is 70.6 Å². The van der Waals surface area contributed by atoms with E-state index in [1.807, 2.05) is 6.92 Å². The molecule has 3 N–H and O–H groups in total. The number of phenols is 2. The van der Waals surface area contributed by atoms with Gasteiger partial charge in [-0.3, -0.25) is 14.4 Å². The topological polar surface area (TPSA) is 167 Å². The predicted octanol–water partition coefficient (Wildman–Crippen LogP) is 3.69. The second-order valence-electron chi connectivity index (χ2n) is 11.1. The van der Waals surface area contributed by atoms with Crippen molar-refractivity contribution < 1.29 is 43.5 Å². The van der Waals surface area contributed by atoms with Crippen molar-refractivity contribution in [2.45, 2.75) is 57.8 Å². The molecule has 0 saturated heterocycles. The van der Waals surface area contributed by atoms with E-state index >= 15 is 0 Å². The van der Waals surface area contributed by atoms with Crippen LogP contribution in [-0.2, 0) is 34.2 Å². The largest absolute Gasteiger partial charge is 0.506 e.